The Bertz CT molecular complexity index is 946. The van der Waals surface area contributed by atoms with Crippen LogP contribution in [0.3, 0.4) is 0 Å². The fourth-order valence-electron chi connectivity index (χ4n) is 3.26. The van der Waals surface area contributed by atoms with Gasteiger partial charge in [-0.15, -0.1) is 0 Å². The zero-order valence-corrected chi connectivity index (χ0v) is 21.0. The Morgan fingerprint density at radius 1 is 0.448 bits per heavy atom. The predicted octanol–water partition coefficient (Wildman–Crippen LogP) is 3.61. The van der Waals surface area contributed by atoms with E-state index in [-0.39, 0.29) is 0 Å². The third kappa shape index (κ3) is 5.76. The summed E-state index contributed by atoms with van der Waals surface area (Å²) in [5.41, 5.74) is 4.23. The van der Waals surface area contributed by atoms with E-state index in [1.165, 1.54) is 21.0 Å². The minimum atomic E-state index is -1.51. The van der Waals surface area contributed by atoms with Crippen LogP contribution >= 0.6 is 0 Å². The average molecular weight is 500 g/mol. The Balaban J connectivity index is 0.000000290. The van der Waals surface area contributed by atoms with E-state index >= 15 is 0 Å². The fraction of sp³-hybridized carbons (Fsp3) is 0.111. The molecule has 0 aliphatic carbocycles. The molecule has 0 aliphatic heterocycles. The first-order chi connectivity index (χ1) is 14.1. The van der Waals surface area contributed by atoms with Gasteiger partial charge >= 0.3 is 189 Å². The van der Waals surface area contributed by atoms with Gasteiger partial charge in [0.1, 0.15) is 0 Å². The minimum absolute atomic E-state index is 1.26. The van der Waals surface area contributed by atoms with Gasteiger partial charge in [0.05, 0.1) is 0 Å². The first-order valence-corrected chi connectivity index (χ1v) is 13.5. The normalized spacial score (nSPS) is 10.4. The summed E-state index contributed by atoms with van der Waals surface area (Å²) in [6.07, 6.45) is 0. The second-order valence-corrected chi connectivity index (χ2v) is 12.6. The van der Waals surface area contributed by atoms with Gasteiger partial charge in [-0.2, -0.15) is 0 Å². The standard InChI is InChI=1S/C21H21As.C6H5As/c1-16-10-4-7-13-19(16)22(20-14-8-5-11-17(20)2)21-15-9-6-12-18(21)3;7-6-4-2-1-3-5-6/h4-15H,1-3H3;1-5H. The van der Waals surface area contributed by atoms with Gasteiger partial charge in [0.15, 0.2) is 0 Å². The van der Waals surface area contributed by atoms with Gasteiger partial charge < -0.3 is 0 Å². The molecule has 0 fully saturated rings. The van der Waals surface area contributed by atoms with E-state index in [4.69, 9.17) is 0 Å². The molecule has 144 valence electrons. The van der Waals surface area contributed by atoms with E-state index in [1.54, 1.807) is 13.1 Å². The molecule has 4 aromatic rings. The molecule has 0 atom stereocenters. The molecule has 2 radical (unpaired) electrons. The van der Waals surface area contributed by atoms with Crippen molar-refractivity contribution in [1.29, 1.82) is 0 Å². The van der Waals surface area contributed by atoms with E-state index < -0.39 is 14.7 Å². The quantitative estimate of drug-likeness (QED) is 0.378. The van der Waals surface area contributed by atoms with Crippen LogP contribution < -0.4 is 17.4 Å². The van der Waals surface area contributed by atoms with Gasteiger partial charge in [0.2, 0.25) is 0 Å². The van der Waals surface area contributed by atoms with Gasteiger partial charge in [-0.05, 0) is 0 Å². The molecule has 0 saturated heterocycles. The molecule has 0 spiro atoms. The average Bonchev–Trinajstić information content (AvgIpc) is 2.73. The van der Waals surface area contributed by atoms with E-state index in [1.807, 2.05) is 18.2 Å². The van der Waals surface area contributed by atoms with Gasteiger partial charge in [-0.25, -0.2) is 0 Å². The van der Waals surface area contributed by atoms with Crippen LogP contribution in [-0.4, -0.2) is 31.5 Å². The van der Waals surface area contributed by atoms with Crippen molar-refractivity contribution in [1.82, 2.24) is 0 Å². The number of rotatable bonds is 3. The van der Waals surface area contributed by atoms with Crippen molar-refractivity contribution in [2.24, 2.45) is 0 Å². The van der Waals surface area contributed by atoms with Crippen LogP contribution in [0, 0.1) is 20.8 Å². The maximum atomic E-state index is 2.49. The third-order valence-corrected chi connectivity index (χ3v) is 11.6. The summed E-state index contributed by atoms with van der Waals surface area (Å²) in [6.45, 7) is 6.73. The SMILES string of the molecule is Cc1ccccc1[As](c1ccccc1C)c1ccccc1C.[As]c1ccccc1. The van der Waals surface area contributed by atoms with Crippen LogP contribution in [0.25, 0.3) is 0 Å². The summed E-state index contributed by atoms with van der Waals surface area (Å²) >= 11 is 0.980. The van der Waals surface area contributed by atoms with Crippen molar-refractivity contribution in [2.45, 2.75) is 20.8 Å². The van der Waals surface area contributed by atoms with Crippen molar-refractivity contribution >= 4 is 48.9 Å². The molecule has 4 rings (SSSR count). The molecular weight excluding hydrogens is 474 g/mol. The molecular formula is C27H26As2. The molecule has 0 bridgehead atoms. The van der Waals surface area contributed by atoms with Gasteiger partial charge in [0, 0.05) is 0 Å². The number of hydrogen-bond donors (Lipinski definition) is 0. The molecule has 0 saturated carbocycles. The van der Waals surface area contributed by atoms with Gasteiger partial charge in [-0.3, -0.25) is 0 Å². The van der Waals surface area contributed by atoms with E-state index in [0.717, 1.165) is 0 Å². The molecule has 0 aliphatic rings. The van der Waals surface area contributed by atoms with Crippen LogP contribution in [0.5, 0.6) is 0 Å². The Morgan fingerprint density at radius 3 is 1.03 bits per heavy atom. The Hall–Kier alpha value is -2.00. The van der Waals surface area contributed by atoms with Gasteiger partial charge in [0.25, 0.3) is 0 Å². The Morgan fingerprint density at radius 2 is 0.759 bits per heavy atom. The third-order valence-electron chi connectivity index (χ3n) is 4.83. The zero-order chi connectivity index (χ0) is 20.6. The van der Waals surface area contributed by atoms with Crippen molar-refractivity contribution in [3.8, 4) is 0 Å². The second kappa shape index (κ2) is 10.7. The van der Waals surface area contributed by atoms with Crippen LogP contribution in [0.15, 0.2) is 103 Å². The topological polar surface area (TPSA) is 0 Å². The summed E-state index contributed by atoms with van der Waals surface area (Å²) in [7, 11) is 0. The summed E-state index contributed by atoms with van der Waals surface area (Å²) in [6, 6.07) is 36.8. The maximum absolute atomic E-state index is 2.49. The van der Waals surface area contributed by atoms with Crippen molar-refractivity contribution in [3.63, 3.8) is 0 Å². The number of benzene rings is 4. The second-order valence-electron chi connectivity index (χ2n) is 7.03. The number of hydrogen-bond acceptors (Lipinski definition) is 0. The summed E-state index contributed by atoms with van der Waals surface area (Å²) in [5, 5.41) is 0. The fourth-order valence-corrected chi connectivity index (χ4v) is 9.42. The summed E-state index contributed by atoms with van der Waals surface area (Å²) in [5.74, 6) is 0. The Kier molecular flexibility index (Phi) is 7.99. The Labute approximate surface area is 188 Å². The zero-order valence-electron chi connectivity index (χ0n) is 17.2. The van der Waals surface area contributed by atoms with Crippen molar-refractivity contribution in [3.05, 3.63) is 120 Å². The van der Waals surface area contributed by atoms with E-state index in [9.17, 15) is 0 Å². The molecule has 2 heteroatoms. The monoisotopic (exact) mass is 500 g/mol. The molecule has 0 N–H and O–H groups in total. The number of aryl methyl sites for hydroxylation is 3. The molecule has 29 heavy (non-hydrogen) atoms. The molecule has 0 aromatic heterocycles. The summed E-state index contributed by atoms with van der Waals surface area (Å²) in [4.78, 5) is 0. The van der Waals surface area contributed by atoms with Crippen LogP contribution in [0.1, 0.15) is 16.7 Å². The van der Waals surface area contributed by atoms with Crippen LogP contribution in [0.2, 0.25) is 0 Å². The summed E-state index contributed by atoms with van der Waals surface area (Å²) < 4.78 is 5.88. The van der Waals surface area contributed by atoms with Crippen molar-refractivity contribution < 1.29 is 0 Å². The van der Waals surface area contributed by atoms with E-state index in [0.29, 0.717) is 0 Å². The first-order valence-electron chi connectivity index (χ1n) is 9.79. The van der Waals surface area contributed by atoms with Crippen LogP contribution in [0.4, 0.5) is 0 Å². The molecule has 0 heterocycles. The van der Waals surface area contributed by atoms with Crippen molar-refractivity contribution in [2.75, 3.05) is 0 Å². The predicted molar refractivity (Wildman–Crippen MR) is 130 cm³/mol. The van der Waals surface area contributed by atoms with Crippen LogP contribution in [-0.2, 0) is 0 Å². The molecule has 0 amide bonds. The van der Waals surface area contributed by atoms with Gasteiger partial charge in [-0.1, -0.05) is 0 Å². The van der Waals surface area contributed by atoms with E-state index in [2.05, 4.69) is 123 Å². The molecule has 0 nitrogen and oxygen atoms in total. The molecule has 4 aromatic carbocycles. The molecule has 0 unspecified atom stereocenters. The first kappa shape index (κ1) is 21.7.